The number of allylic oxidation sites excluding steroid dienone is 4. The van der Waals surface area contributed by atoms with Gasteiger partial charge in [-0.1, -0.05) is 31.4 Å². The molecule has 0 N–H and O–H groups in total. The van der Waals surface area contributed by atoms with E-state index in [1.54, 1.807) is 0 Å². The van der Waals surface area contributed by atoms with Gasteiger partial charge in [-0.25, -0.2) is 0 Å². The maximum absolute atomic E-state index is 5.85. The van der Waals surface area contributed by atoms with Crippen molar-refractivity contribution in [2.75, 3.05) is 0 Å². The monoisotopic (exact) mass is 208 g/mol. The minimum Gasteiger partial charge on any atom is -0.456 e. The molecule has 1 heteroatoms. The molecule has 1 nitrogen and oxygen atoms in total. The average Bonchev–Trinajstić information content (AvgIpc) is 2.26. The van der Waals surface area contributed by atoms with Crippen LogP contribution in [0.4, 0.5) is 0 Å². The summed E-state index contributed by atoms with van der Waals surface area (Å²) < 4.78 is 5.85. The standard InChI is InChI=1S/C15H12O/c1-10-3-5-12-9-13-6-4-11(2)8-15(13)16-14(12)7-10/h3,5-9H,1-2,4H2. The molecule has 2 aliphatic rings. The predicted molar refractivity (Wildman–Crippen MR) is 66.2 cm³/mol. The van der Waals surface area contributed by atoms with Crippen molar-refractivity contribution in [2.45, 2.75) is 6.42 Å². The number of hydrogen-bond acceptors (Lipinski definition) is 1. The molecule has 0 amide bonds. The lowest BCUT2D eigenvalue weighted by Gasteiger charge is -2.20. The molecule has 78 valence electrons. The Labute approximate surface area is 94.4 Å². The molecule has 0 unspecified atom stereocenters. The maximum Gasteiger partial charge on any atom is 0.135 e. The van der Waals surface area contributed by atoms with E-state index >= 15 is 0 Å². The van der Waals surface area contributed by atoms with Gasteiger partial charge < -0.3 is 4.74 Å². The summed E-state index contributed by atoms with van der Waals surface area (Å²) in [6, 6.07) is 6.00. The molecule has 0 spiro atoms. The fraction of sp³-hybridized carbons (Fsp3) is 0.0667. The Hall–Kier alpha value is -2.02. The largest absolute Gasteiger partial charge is 0.456 e. The van der Waals surface area contributed by atoms with E-state index in [2.05, 4.69) is 25.3 Å². The van der Waals surface area contributed by atoms with E-state index in [0.717, 1.165) is 39.5 Å². The summed E-state index contributed by atoms with van der Waals surface area (Å²) in [5.41, 5.74) is 2.23. The highest BCUT2D eigenvalue weighted by Crippen LogP contribution is 2.27. The molecule has 0 bridgehead atoms. The normalized spacial score (nSPS) is 17.4. The molecular formula is C15H12O. The zero-order chi connectivity index (χ0) is 11.1. The Bertz CT molecular complexity index is 645. The summed E-state index contributed by atoms with van der Waals surface area (Å²) >= 11 is 0. The predicted octanol–water partition coefficient (Wildman–Crippen LogP) is 2.04. The maximum atomic E-state index is 5.85. The molecule has 3 rings (SSSR count). The van der Waals surface area contributed by atoms with Crippen LogP contribution >= 0.6 is 0 Å². The van der Waals surface area contributed by atoms with Gasteiger partial charge in [0.25, 0.3) is 0 Å². The van der Waals surface area contributed by atoms with Gasteiger partial charge in [0.15, 0.2) is 0 Å². The third kappa shape index (κ3) is 1.41. The first-order chi connectivity index (χ1) is 7.72. The number of ether oxygens (including phenoxy) is 1. The van der Waals surface area contributed by atoms with E-state index in [0.29, 0.717) is 0 Å². The zero-order valence-corrected chi connectivity index (χ0v) is 8.99. The third-order valence-electron chi connectivity index (χ3n) is 2.81. The lowest BCUT2D eigenvalue weighted by Crippen LogP contribution is -2.19. The van der Waals surface area contributed by atoms with Crippen LogP contribution in [0.2, 0.25) is 0 Å². The van der Waals surface area contributed by atoms with Crippen molar-refractivity contribution in [3.63, 3.8) is 0 Å². The third-order valence-corrected chi connectivity index (χ3v) is 2.81. The second-order valence-corrected chi connectivity index (χ2v) is 4.15. The molecule has 0 saturated carbocycles. The first-order valence-electron chi connectivity index (χ1n) is 5.31. The lowest BCUT2D eigenvalue weighted by atomic mass is 9.99. The highest BCUT2D eigenvalue weighted by molar-refractivity contribution is 5.64. The van der Waals surface area contributed by atoms with Gasteiger partial charge in [0.1, 0.15) is 11.5 Å². The SMILES string of the molecule is C=C1C=C2Oc3cc(=C)ccc3=CC2=CC1. The summed E-state index contributed by atoms with van der Waals surface area (Å²) in [7, 11) is 0. The molecule has 1 aliphatic heterocycles. The van der Waals surface area contributed by atoms with Gasteiger partial charge in [0, 0.05) is 10.8 Å². The summed E-state index contributed by atoms with van der Waals surface area (Å²) in [6.07, 6.45) is 7.21. The van der Waals surface area contributed by atoms with Crippen LogP contribution in [0.1, 0.15) is 6.42 Å². The molecule has 0 saturated heterocycles. The van der Waals surface area contributed by atoms with Crippen molar-refractivity contribution < 1.29 is 4.74 Å². The summed E-state index contributed by atoms with van der Waals surface area (Å²) in [5.74, 6) is 1.78. The Balaban J connectivity index is 2.23. The quantitative estimate of drug-likeness (QED) is 0.634. The Morgan fingerprint density at radius 1 is 1.12 bits per heavy atom. The highest BCUT2D eigenvalue weighted by atomic mass is 16.5. The molecule has 0 fully saturated rings. The first kappa shape index (κ1) is 9.22. The molecular weight excluding hydrogens is 196 g/mol. The van der Waals surface area contributed by atoms with Crippen molar-refractivity contribution in [2.24, 2.45) is 0 Å². The molecule has 1 aromatic rings. The summed E-state index contributed by atoms with van der Waals surface area (Å²) in [6.45, 7) is 7.85. The van der Waals surface area contributed by atoms with Crippen molar-refractivity contribution in [3.05, 3.63) is 64.3 Å². The molecule has 0 radical (unpaired) electrons. The van der Waals surface area contributed by atoms with Crippen LogP contribution in [0.3, 0.4) is 0 Å². The average molecular weight is 208 g/mol. The molecule has 0 atom stereocenters. The minimum absolute atomic E-state index is 0.880. The minimum atomic E-state index is 0.880. The van der Waals surface area contributed by atoms with Crippen LogP contribution < -0.4 is 15.2 Å². The Kier molecular flexibility index (Phi) is 1.87. The van der Waals surface area contributed by atoms with Gasteiger partial charge in [-0.05, 0) is 35.4 Å². The van der Waals surface area contributed by atoms with Crippen LogP contribution in [-0.2, 0) is 0 Å². The van der Waals surface area contributed by atoms with Gasteiger partial charge in [-0.15, -0.1) is 0 Å². The molecule has 1 aromatic carbocycles. The van der Waals surface area contributed by atoms with E-state index in [4.69, 9.17) is 4.74 Å². The summed E-state index contributed by atoms with van der Waals surface area (Å²) in [5, 5.41) is 2.08. The Morgan fingerprint density at radius 3 is 2.88 bits per heavy atom. The van der Waals surface area contributed by atoms with Crippen LogP contribution in [0, 0.1) is 0 Å². The second-order valence-electron chi connectivity index (χ2n) is 4.15. The topological polar surface area (TPSA) is 9.23 Å². The molecule has 1 aliphatic carbocycles. The van der Waals surface area contributed by atoms with Crippen LogP contribution in [0.25, 0.3) is 12.7 Å². The van der Waals surface area contributed by atoms with E-state index in [9.17, 15) is 0 Å². The van der Waals surface area contributed by atoms with Crippen molar-refractivity contribution in [3.8, 4) is 5.75 Å². The van der Waals surface area contributed by atoms with Crippen LogP contribution in [0.15, 0.2) is 53.8 Å². The van der Waals surface area contributed by atoms with Gasteiger partial charge in [0.05, 0.1) is 0 Å². The van der Waals surface area contributed by atoms with Gasteiger partial charge in [-0.2, -0.15) is 0 Å². The van der Waals surface area contributed by atoms with Crippen molar-refractivity contribution in [1.82, 2.24) is 0 Å². The fourth-order valence-electron chi connectivity index (χ4n) is 1.96. The van der Waals surface area contributed by atoms with E-state index in [1.807, 2.05) is 24.3 Å². The van der Waals surface area contributed by atoms with E-state index < -0.39 is 0 Å². The lowest BCUT2D eigenvalue weighted by molar-refractivity contribution is 0.429. The van der Waals surface area contributed by atoms with Crippen LogP contribution in [0.5, 0.6) is 5.75 Å². The second kappa shape index (κ2) is 3.24. The van der Waals surface area contributed by atoms with Gasteiger partial charge in [0.2, 0.25) is 0 Å². The Morgan fingerprint density at radius 2 is 2.00 bits per heavy atom. The van der Waals surface area contributed by atoms with Crippen molar-refractivity contribution in [1.29, 1.82) is 0 Å². The zero-order valence-electron chi connectivity index (χ0n) is 8.99. The molecule has 16 heavy (non-hydrogen) atoms. The van der Waals surface area contributed by atoms with Gasteiger partial charge >= 0.3 is 0 Å². The summed E-state index contributed by atoms with van der Waals surface area (Å²) in [4.78, 5) is 0. The first-order valence-corrected chi connectivity index (χ1v) is 5.31. The van der Waals surface area contributed by atoms with E-state index in [-0.39, 0.29) is 0 Å². The number of fused-ring (bicyclic) bond motifs is 2. The highest BCUT2D eigenvalue weighted by Gasteiger charge is 2.15. The number of hydrogen-bond donors (Lipinski definition) is 0. The number of rotatable bonds is 0. The smallest absolute Gasteiger partial charge is 0.135 e. The van der Waals surface area contributed by atoms with Crippen molar-refractivity contribution >= 4 is 12.7 Å². The van der Waals surface area contributed by atoms with Crippen LogP contribution in [-0.4, -0.2) is 0 Å². The fourth-order valence-corrected chi connectivity index (χ4v) is 1.96. The van der Waals surface area contributed by atoms with E-state index in [1.165, 1.54) is 0 Å². The molecule has 1 heterocycles. The number of benzene rings is 1. The molecule has 0 aromatic heterocycles. The van der Waals surface area contributed by atoms with Gasteiger partial charge in [-0.3, -0.25) is 0 Å².